The predicted molar refractivity (Wildman–Crippen MR) is 79.9 cm³/mol. The van der Waals surface area contributed by atoms with Crippen molar-refractivity contribution in [3.8, 4) is 0 Å². The molecule has 0 atom stereocenters. The highest BCUT2D eigenvalue weighted by atomic mass is 16.2. The van der Waals surface area contributed by atoms with Crippen LogP contribution < -0.4 is 15.5 Å². The molecular weight excluding hydrogens is 266 g/mol. The van der Waals surface area contributed by atoms with E-state index in [1.807, 2.05) is 17.0 Å². The van der Waals surface area contributed by atoms with Crippen molar-refractivity contribution >= 4 is 23.2 Å². The summed E-state index contributed by atoms with van der Waals surface area (Å²) >= 11 is 0. The molecule has 0 spiro atoms. The summed E-state index contributed by atoms with van der Waals surface area (Å²) in [5.74, 6) is 0.443. The molecule has 21 heavy (non-hydrogen) atoms. The fourth-order valence-electron chi connectivity index (χ4n) is 2.94. The molecule has 4 rings (SSSR count). The van der Waals surface area contributed by atoms with Crippen molar-refractivity contribution in [1.82, 2.24) is 5.32 Å². The van der Waals surface area contributed by atoms with Gasteiger partial charge < -0.3 is 15.5 Å². The molecule has 2 heterocycles. The maximum Gasteiger partial charge on any atom is 0.246 e. The number of benzene rings is 1. The van der Waals surface area contributed by atoms with E-state index >= 15 is 0 Å². The van der Waals surface area contributed by atoms with Gasteiger partial charge in [0.05, 0.1) is 6.54 Å². The quantitative estimate of drug-likeness (QED) is 0.881. The maximum absolute atomic E-state index is 12.3. The first kappa shape index (κ1) is 12.4. The van der Waals surface area contributed by atoms with Gasteiger partial charge in [0.1, 0.15) is 0 Å². The number of carbonyl (C=O) groups is 2. The molecule has 0 saturated heterocycles. The molecule has 2 aliphatic heterocycles. The first-order valence-electron chi connectivity index (χ1n) is 7.40. The summed E-state index contributed by atoms with van der Waals surface area (Å²) in [5, 5.41) is 5.98. The number of carbonyl (C=O) groups excluding carboxylic acids is 2. The third kappa shape index (κ3) is 2.28. The summed E-state index contributed by atoms with van der Waals surface area (Å²) in [4.78, 5) is 25.4. The van der Waals surface area contributed by atoms with Crippen LogP contribution in [0.15, 0.2) is 30.0 Å². The van der Waals surface area contributed by atoms with Crippen LogP contribution in [0.25, 0.3) is 0 Å². The average Bonchev–Trinajstić information content (AvgIpc) is 3.13. The van der Waals surface area contributed by atoms with Crippen LogP contribution in [0.5, 0.6) is 0 Å². The minimum atomic E-state index is -0.0656. The van der Waals surface area contributed by atoms with Gasteiger partial charge in [0.25, 0.3) is 0 Å². The third-order valence-corrected chi connectivity index (χ3v) is 4.24. The lowest BCUT2D eigenvalue weighted by atomic mass is 10.1. The summed E-state index contributed by atoms with van der Waals surface area (Å²) in [7, 11) is 0. The van der Waals surface area contributed by atoms with E-state index in [1.165, 1.54) is 5.56 Å². The fourth-order valence-corrected chi connectivity index (χ4v) is 2.94. The van der Waals surface area contributed by atoms with Crippen LogP contribution in [-0.2, 0) is 16.0 Å². The highest BCUT2D eigenvalue weighted by Crippen LogP contribution is 2.37. The van der Waals surface area contributed by atoms with Gasteiger partial charge in [-0.3, -0.25) is 9.59 Å². The monoisotopic (exact) mass is 283 g/mol. The molecule has 1 saturated carbocycles. The average molecular weight is 283 g/mol. The standard InChI is InChI=1S/C16H17N3O2/c20-15-8-13(9-17-15)18-12-4-3-10-5-6-19(14(10)7-12)16(21)11-1-2-11/h3-4,7-8,11,18H,1-2,5-6,9H2,(H,17,20). The van der Waals surface area contributed by atoms with Crippen LogP contribution in [0.4, 0.5) is 11.4 Å². The lowest BCUT2D eigenvalue weighted by Gasteiger charge is -2.18. The number of hydrogen-bond donors (Lipinski definition) is 2. The minimum absolute atomic E-state index is 0.0656. The van der Waals surface area contributed by atoms with Crippen molar-refractivity contribution in [2.45, 2.75) is 19.3 Å². The van der Waals surface area contributed by atoms with Gasteiger partial charge in [0, 0.05) is 35.6 Å². The van der Waals surface area contributed by atoms with E-state index in [-0.39, 0.29) is 17.7 Å². The second-order valence-corrected chi connectivity index (χ2v) is 5.87. The van der Waals surface area contributed by atoms with Crippen molar-refractivity contribution in [3.63, 3.8) is 0 Å². The van der Waals surface area contributed by atoms with E-state index in [0.29, 0.717) is 6.54 Å². The minimum Gasteiger partial charge on any atom is -0.357 e. The number of nitrogens with zero attached hydrogens (tertiary/aromatic N) is 1. The van der Waals surface area contributed by atoms with E-state index < -0.39 is 0 Å². The number of nitrogens with one attached hydrogen (secondary N) is 2. The van der Waals surface area contributed by atoms with Gasteiger partial charge in [0.15, 0.2) is 0 Å². The molecule has 0 unspecified atom stereocenters. The van der Waals surface area contributed by atoms with Gasteiger partial charge in [0.2, 0.25) is 11.8 Å². The summed E-state index contributed by atoms with van der Waals surface area (Å²) < 4.78 is 0. The largest absolute Gasteiger partial charge is 0.357 e. The van der Waals surface area contributed by atoms with E-state index in [1.54, 1.807) is 6.08 Å². The highest BCUT2D eigenvalue weighted by Gasteiger charge is 2.36. The molecule has 5 nitrogen and oxygen atoms in total. The normalized spacial score (nSPS) is 20.1. The van der Waals surface area contributed by atoms with Crippen molar-refractivity contribution in [2.24, 2.45) is 5.92 Å². The van der Waals surface area contributed by atoms with Crippen LogP contribution in [-0.4, -0.2) is 24.9 Å². The van der Waals surface area contributed by atoms with E-state index in [4.69, 9.17) is 0 Å². The molecule has 0 bridgehead atoms. The summed E-state index contributed by atoms with van der Waals surface area (Å²) in [6.07, 6.45) is 4.56. The molecular formula is C16H17N3O2. The number of fused-ring (bicyclic) bond motifs is 1. The van der Waals surface area contributed by atoms with Gasteiger partial charge in [-0.15, -0.1) is 0 Å². The second kappa shape index (κ2) is 4.62. The van der Waals surface area contributed by atoms with E-state index in [0.717, 1.165) is 42.9 Å². The van der Waals surface area contributed by atoms with E-state index in [9.17, 15) is 9.59 Å². The molecule has 5 heteroatoms. The number of hydrogen-bond acceptors (Lipinski definition) is 3. The molecule has 1 aromatic rings. The SMILES string of the molecule is O=C1C=C(Nc2ccc3c(c2)N(C(=O)C2CC2)CC3)CN1. The van der Waals surface area contributed by atoms with E-state index in [2.05, 4.69) is 16.7 Å². The van der Waals surface area contributed by atoms with Gasteiger partial charge in [-0.05, 0) is 37.0 Å². The molecule has 1 aromatic carbocycles. The van der Waals surface area contributed by atoms with Crippen LogP contribution in [0.1, 0.15) is 18.4 Å². The smallest absolute Gasteiger partial charge is 0.246 e. The summed E-state index contributed by atoms with van der Waals surface area (Å²) in [5.41, 5.74) is 4.03. The van der Waals surface area contributed by atoms with Crippen molar-refractivity contribution in [1.29, 1.82) is 0 Å². The van der Waals surface area contributed by atoms with Crippen LogP contribution in [0, 0.1) is 5.92 Å². The van der Waals surface area contributed by atoms with Gasteiger partial charge in [-0.2, -0.15) is 0 Å². The second-order valence-electron chi connectivity index (χ2n) is 5.87. The van der Waals surface area contributed by atoms with Gasteiger partial charge in [-0.25, -0.2) is 0 Å². The van der Waals surface area contributed by atoms with Crippen LogP contribution in [0.3, 0.4) is 0 Å². The predicted octanol–water partition coefficient (Wildman–Crippen LogP) is 1.41. The zero-order valence-corrected chi connectivity index (χ0v) is 11.7. The molecule has 1 aliphatic carbocycles. The van der Waals surface area contributed by atoms with Crippen molar-refractivity contribution in [2.75, 3.05) is 23.3 Å². The lowest BCUT2D eigenvalue weighted by Crippen LogP contribution is -2.30. The Bertz CT molecular complexity index is 661. The Morgan fingerprint density at radius 2 is 2.19 bits per heavy atom. The molecule has 1 fully saturated rings. The fraction of sp³-hybridized carbons (Fsp3) is 0.375. The van der Waals surface area contributed by atoms with Crippen molar-refractivity contribution in [3.05, 3.63) is 35.5 Å². The Hall–Kier alpha value is -2.30. The Labute approximate surface area is 123 Å². The first-order valence-corrected chi connectivity index (χ1v) is 7.40. The van der Waals surface area contributed by atoms with Crippen molar-refractivity contribution < 1.29 is 9.59 Å². The topological polar surface area (TPSA) is 61.4 Å². The number of rotatable bonds is 3. The molecule has 3 aliphatic rings. The molecule has 108 valence electrons. The zero-order valence-electron chi connectivity index (χ0n) is 11.7. The molecule has 0 radical (unpaired) electrons. The third-order valence-electron chi connectivity index (χ3n) is 4.24. The molecule has 0 aromatic heterocycles. The Balaban J connectivity index is 1.58. The first-order chi connectivity index (χ1) is 10.2. The Kier molecular flexibility index (Phi) is 2.74. The summed E-state index contributed by atoms with van der Waals surface area (Å²) in [6.45, 7) is 1.32. The maximum atomic E-state index is 12.3. The highest BCUT2D eigenvalue weighted by molar-refractivity contribution is 5.99. The van der Waals surface area contributed by atoms with Gasteiger partial charge in [-0.1, -0.05) is 6.07 Å². The van der Waals surface area contributed by atoms with Gasteiger partial charge >= 0.3 is 0 Å². The van der Waals surface area contributed by atoms with Crippen LogP contribution in [0.2, 0.25) is 0 Å². The zero-order chi connectivity index (χ0) is 14.4. The molecule has 2 amide bonds. The summed E-state index contributed by atoms with van der Waals surface area (Å²) in [6, 6.07) is 6.10. The lowest BCUT2D eigenvalue weighted by molar-refractivity contribution is -0.119. The Morgan fingerprint density at radius 3 is 2.90 bits per heavy atom. The number of amides is 2. The Morgan fingerprint density at radius 1 is 1.33 bits per heavy atom. The number of anilines is 2. The van der Waals surface area contributed by atoms with Crippen LogP contribution >= 0.6 is 0 Å². The molecule has 2 N–H and O–H groups in total.